The second-order valence-electron chi connectivity index (χ2n) is 5.85. The van der Waals surface area contributed by atoms with Gasteiger partial charge in [0.1, 0.15) is 5.76 Å². The van der Waals surface area contributed by atoms with E-state index in [1.807, 2.05) is 17.0 Å². The van der Waals surface area contributed by atoms with Gasteiger partial charge in [0.05, 0.1) is 18.1 Å². The molecule has 2 rings (SSSR count). The first-order valence-corrected chi connectivity index (χ1v) is 11.5. The van der Waals surface area contributed by atoms with E-state index in [4.69, 9.17) is 4.42 Å². The number of guanidine groups is 1. The lowest BCUT2D eigenvalue weighted by atomic mass is 10.3. The van der Waals surface area contributed by atoms with Gasteiger partial charge in [-0.1, -0.05) is 6.92 Å². The number of furan rings is 1. The zero-order valence-electron chi connectivity index (χ0n) is 14.9. The number of aliphatic imine (C=N–C) groups is 1. The lowest BCUT2D eigenvalue weighted by Gasteiger charge is -2.22. The van der Waals surface area contributed by atoms with Crippen LogP contribution in [0, 0.1) is 0 Å². The molecule has 0 spiro atoms. The first-order chi connectivity index (χ1) is 12.1. The van der Waals surface area contributed by atoms with E-state index in [1.54, 1.807) is 24.9 Å². The summed E-state index contributed by atoms with van der Waals surface area (Å²) in [5, 5.41) is 2.97. The van der Waals surface area contributed by atoms with Gasteiger partial charge in [0.15, 0.2) is 5.96 Å². The predicted octanol–water partition coefficient (Wildman–Crippen LogP) is 1.14. The summed E-state index contributed by atoms with van der Waals surface area (Å²) in [7, 11) is -3.25. The molecule has 1 fully saturated rings. The van der Waals surface area contributed by atoms with Gasteiger partial charge in [-0.05, 0) is 24.8 Å². The van der Waals surface area contributed by atoms with Crippen molar-refractivity contribution in [2.75, 3.05) is 44.7 Å². The number of nitrogens with zero attached hydrogens (tertiary/aromatic N) is 2. The van der Waals surface area contributed by atoms with Crippen LogP contribution in [0.15, 0.2) is 27.8 Å². The standard InChI is InChI=1S/C16H28N4O3S2/c1-3-19-25(21,22)15-7-10-20(13-15)16(18-9-12-24-2)17-8-6-14-5-4-11-23-14/h4-5,11,15,19H,3,6-10,12-13H2,1-2H3,(H,17,18). The third kappa shape index (κ3) is 6.23. The minimum absolute atomic E-state index is 0.384. The van der Waals surface area contributed by atoms with E-state index < -0.39 is 10.0 Å². The predicted molar refractivity (Wildman–Crippen MR) is 104 cm³/mol. The van der Waals surface area contributed by atoms with E-state index in [9.17, 15) is 8.42 Å². The van der Waals surface area contributed by atoms with Crippen LogP contribution in [0.2, 0.25) is 0 Å². The van der Waals surface area contributed by atoms with Gasteiger partial charge in [0, 0.05) is 38.4 Å². The molecule has 0 radical (unpaired) electrons. The largest absolute Gasteiger partial charge is 0.469 e. The molecule has 2 N–H and O–H groups in total. The summed E-state index contributed by atoms with van der Waals surface area (Å²) in [4.78, 5) is 6.69. The second kappa shape index (κ2) is 10.1. The SMILES string of the molecule is CCNS(=O)(=O)C1CCN(C(=NCCSC)NCCc2ccco2)C1. The summed E-state index contributed by atoms with van der Waals surface area (Å²) >= 11 is 1.75. The molecule has 1 aliphatic rings. The number of nitrogens with one attached hydrogen (secondary N) is 2. The molecule has 1 aromatic rings. The fraction of sp³-hybridized carbons (Fsp3) is 0.688. The Kier molecular flexibility index (Phi) is 8.11. The zero-order chi connectivity index (χ0) is 18.1. The van der Waals surface area contributed by atoms with E-state index in [0.29, 0.717) is 39.1 Å². The van der Waals surface area contributed by atoms with Crippen LogP contribution in [0.4, 0.5) is 0 Å². The van der Waals surface area contributed by atoms with E-state index in [1.165, 1.54) is 0 Å². The first kappa shape index (κ1) is 20.1. The Morgan fingerprint density at radius 1 is 1.52 bits per heavy atom. The fourth-order valence-electron chi connectivity index (χ4n) is 2.76. The van der Waals surface area contributed by atoms with Crippen molar-refractivity contribution >= 4 is 27.7 Å². The maximum Gasteiger partial charge on any atom is 0.216 e. The molecule has 0 amide bonds. The van der Waals surface area contributed by atoms with Gasteiger partial charge in [-0.3, -0.25) is 4.99 Å². The van der Waals surface area contributed by atoms with Crippen LogP contribution in [-0.4, -0.2) is 69.3 Å². The van der Waals surface area contributed by atoms with E-state index in [2.05, 4.69) is 21.3 Å². The second-order valence-corrected chi connectivity index (χ2v) is 8.88. The highest BCUT2D eigenvalue weighted by atomic mass is 32.2. The molecule has 0 aliphatic carbocycles. The van der Waals surface area contributed by atoms with Gasteiger partial charge < -0.3 is 14.6 Å². The summed E-state index contributed by atoms with van der Waals surface area (Å²) in [6, 6.07) is 3.82. The van der Waals surface area contributed by atoms with Crippen LogP contribution < -0.4 is 10.0 Å². The van der Waals surface area contributed by atoms with E-state index >= 15 is 0 Å². The van der Waals surface area contributed by atoms with E-state index in [0.717, 1.165) is 23.9 Å². The van der Waals surface area contributed by atoms with Crippen molar-refractivity contribution in [3.8, 4) is 0 Å². The smallest absolute Gasteiger partial charge is 0.216 e. The number of hydrogen-bond acceptors (Lipinski definition) is 5. The Hall–Kier alpha value is -1.19. The van der Waals surface area contributed by atoms with Crippen molar-refractivity contribution in [3.05, 3.63) is 24.2 Å². The van der Waals surface area contributed by atoms with Gasteiger partial charge in [0.2, 0.25) is 10.0 Å². The molecule has 1 aliphatic heterocycles. The average molecular weight is 389 g/mol. The summed E-state index contributed by atoms with van der Waals surface area (Å²) < 4.78 is 32.4. The molecule has 0 saturated carbocycles. The average Bonchev–Trinajstić information content (AvgIpc) is 3.25. The third-order valence-corrected chi connectivity index (χ3v) is 6.56. The van der Waals surface area contributed by atoms with E-state index in [-0.39, 0.29) is 5.25 Å². The van der Waals surface area contributed by atoms with Crippen LogP contribution in [0.3, 0.4) is 0 Å². The lowest BCUT2D eigenvalue weighted by molar-refractivity contribution is 0.479. The van der Waals surface area contributed by atoms with Crippen molar-refractivity contribution in [2.45, 2.75) is 25.0 Å². The quantitative estimate of drug-likeness (QED) is 0.375. The molecule has 1 saturated heterocycles. The number of hydrogen-bond donors (Lipinski definition) is 2. The Labute approximate surface area is 154 Å². The maximum atomic E-state index is 12.2. The number of sulfonamides is 1. The molecule has 0 bridgehead atoms. The molecule has 9 heteroatoms. The summed E-state index contributed by atoms with van der Waals surface area (Å²) in [6.45, 7) is 4.81. The first-order valence-electron chi connectivity index (χ1n) is 8.60. The Balaban J connectivity index is 1.94. The molecule has 1 aromatic heterocycles. The van der Waals surface area contributed by atoms with Crippen LogP contribution in [0.1, 0.15) is 19.1 Å². The van der Waals surface area contributed by atoms with Crippen molar-refractivity contribution in [2.24, 2.45) is 4.99 Å². The highest BCUT2D eigenvalue weighted by Crippen LogP contribution is 2.16. The van der Waals surface area contributed by atoms with Crippen molar-refractivity contribution in [3.63, 3.8) is 0 Å². The van der Waals surface area contributed by atoms with Crippen LogP contribution in [0.25, 0.3) is 0 Å². The van der Waals surface area contributed by atoms with Crippen molar-refractivity contribution in [1.82, 2.24) is 14.9 Å². The van der Waals surface area contributed by atoms with Gasteiger partial charge in [-0.15, -0.1) is 0 Å². The molecule has 1 unspecified atom stereocenters. The molecule has 142 valence electrons. The maximum absolute atomic E-state index is 12.2. The number of rotatable bonds is 9. The fourth-order valence-corrected chi connectivity index (χ4v) is 4.46. The van der Waals surface area contributed by atoms with Crippen LogP contribution in [-0.2, 0) is 16.4 Å². The molecule has 1 atom stereocenters. The topological polar surface area (TPSA) is 86.9 Å². The zero-order valence-corrected chi connectivity index (χ0v) is 16.5. The minimum Gasteiger partial charge on any atom is -0.469 e. The Morgan fingerprint density at radius 2 is 2.36 bits per heavy atom. The Bertz CT molecular complexity index is 632. The van der Waals surface area contributed by atoms with Gasteiger partial charge in [-0.25, -0.2) is 13.1 Å². The number of thioether (sulfide) groups is 1. The van der Waals surface area contributed by atoms with Crippen LogP contribution in [0.5, 0.6) is 0 Å². The lowest BCUT2D eigenvalue weighted by Crippen LogP contribution is -2.43. The molecule has 7 nitrogen and oxygen atoms in total. The van der Waals surface area contributed by atoms with Gasteiger partial charge in [0.25, 0.3) is 0 Å². The highest BCUT2D eigenvalue weighted by Gasteiger charge is 2.33. The summed E-state index contributed by atoms with van der Waals surface area (Å²) in [5.41, 5.74) is 0. The molecule has 25 heavy (non-hydrogen) atoms. The van der Waals surface area contributed by atoms with Gasteiger partial charge >= 0.3 is 0 Å². The molecule has 2 heterocycles. The summed E-state index contributed by atoms with van der Waals surface area (Å²) in [5.74, 6) is 2.65. The van der Waals surface area contributed by atoms with Crippen LogP contribution >= 0.6 is 11.8 Å². The third-order valence-electron chi connectivity index (χ3n) is 4.02. The molecular weight excluding hydrogens is 360 g/mol. The van der Waals surface area contributed by atoms with Crippen molar-refractivity contribution in [1.29, 1.82) is 0 Å². The normalized spacial score (nSPS) is 18.7. The Morgan fingerprint density at radius 3 is 3.04 bits per heavy atom. The van der Waals surface area contributed by atoms with Gasteiger partial charge in [-0.2, -0.15) is 11.8 Å². The highest BCUT2D eigenvalue weighted by molar-refractivity contribution is 7.98. The minimum atomic E-state index is -3.25. The summed E-state index contributed by atoms with van der Waals surface area (Å²) in [6.07, 6.45) is 5.10. The molecule has 0 aromatic carbocycles. The van der Waals surface area contributed by atoms with Crippen molar-refractivity contribution < 1.29 is 12.8 Å². The monoisotopic (exact) mass is 388 g/mol. The molecular formula is C16H28N4O3S2. The number of likely N-dealkylation sites (tertiary alicyclic amines) is 1.